The van der Waals surface area contributed by atoms with Gasteiger partial charge < -0.3 is 15.8 Å². The SMILES string of the molecule is COCCC(C)Nc1nc(Cl)nc(N)c1Cl. The molecule has 5 nitrogen and oxygen atoms in total. The molecule has 0 bridgehead atoms. The Hall–Kier alpha value is -0.780. The molecule has 0 radical (unpaired) electrons. The lowest BCUT2D eigenvalue weighted by Gasteiger charge is -2.15. The number of nitrogens with zero attached hydrogens (tertiary/aromatic N) is 2. The Kier molecular flexibility index (Phi) is 5.05. The van der Waals surface area contributed by atoms with Crippen LogP contribution in [0.2, 0.25) is 10.3 Å². The maximum atomic E-state index is 5.94. The molecule has 0 amide bonds. The van der Waals surface area contributed by atoms with E-state index in [1.54, 1.807) is 7.11 Å². The van der Waals surface area contributed by atoms with Crippen LogP contribution in [0.3, 0.4) is 0 Å². The summed E-state index contributed by atoms with van der Waals surface area (Å²) in [5.41, 5.74) is 5.57. The van der Waals surface area contributed by atoms with Gasteiger partial charge in [-0.05, 0) is 24.9 Å². The number of methoxy groups -OCH3 is 1. The van der Waals surface area contributed by atoms with Gasteiger partial charge in [-0.1, -0.05) is 11.6 Å². The van der Waals surface area contributed by atoms with Crippen molar-refractivity contribution in [2.45, 2.75) is 19.4 Å². The fourth-order valence-corrected chi connectivity index (χ4v) is 1.45. The Morgan fingerprint density at radius 1 is 1.44 bits per heavy atom. The molecular weight excluding hydrogens is 251 g/mol. The molecule has 7 heteroatoms. The zero-order chi connectivity index (χ0) is 12.1. The summed E-state index contributed by atoms with van der Waals surface area (Å²) in [4.78, 5) is 7.71. The molecule has 0 aliphatic heterocycles. The monoisotopic (exact) mass is 264 g/mol. The van der Waals surface area contributed by atoms with Crippen molar-refractivity contribution in [1.82, 2.24) is 9.97 Å². The molecule has 1 unspecified atom stereocenters. The average molecular weight is 265 g/mol. The van der Waals surface area contributed by atoms with E-state index >= 15 is 0 Å². The third kappa shape index (κ3) is 3.66. The number of rotatable bonds is 5. The van der Waals surface area contributed by atoms with E-state index in [1.165, 1.54) is 0 Å². The van der Waals surface area contributed by atoms with Crippen LogP contribution in [0.1, 0.15) is 13.3 Å². The Bertz CT molecular complexity index is 362. The van der Waals surface area contributed by atoms with Crippen LogP contribution >= 0.6 is 23.2 Å². The van der Waals surface area contributed by atoms with Gasteiger partial charge in [0.05, 0.1) is 0 Å². The Morgan fingerprint density at radius 3 is 2.75 bits per heavy atom. The summed E-state index contributed by atoms with van der Waals surface area (Å²) in [5, 5.41) is 3.46. The van der Waals surface area contributed by atoms with E-state index in [1.807, 2.05) is 6.92 Å². The number of halogens is 2. The van der Waals surface area contributed by atoms with E-state index in [9.17, 15) is 0 Å². The minimum absolute atomic E-state index is 0.0725. The summed E-state index contributed by atoms with van der Waals surface area (Å²) in [6.45, 7) is 2.64. The lowest BCUT2D eigenvalue weighted by Crippen LogP contribution is -2.18. The maximum Gasteiger partial charge on any atom is 0.226 e. The van der Waals surface area contributed by atoms with E-state index in [4.69, 9.17) is 33.7 Å². The fourth-order valence-electron chi connectivity index (χ4n) is 1.13. The van der Waals surface area contributed by atoms with E-state index < -0.39 is 0 Å². The molecule has 1 aromatic rings. The minimum atomic E-state index is 0.0725. The molecule has 90 valence electrons. The zero-order valence-corrected chi connectivity index (χ0v) is 10.6. The lowest BCUT2D eigenvalue weighted by atomic mass is 10.2. The number of nitrogens with one attached hydrogen (secondary N) is 1. The quantitative estimate of drug-likeness (QED) is 0.798. The molecule has 0 aromatic carbocycles. The number of nitrogen functional groups attached to an aromatic ring is 1. The van der Waals surface area contributed by atoms with Crippen molar-refractivity contribution in [2.75, 3.05) is 24.8 Å². The van der Waals surface area contributed by atoms with E-state index in [-0.39, 0.29) is 22.2 Å². The molecule has 16 heavy (non-hydrogen) atoms. The highest BCUT2D eigenvalue weighted by molar-refractivity contribution is 6.35. The van der Waals surface area contributed by atoms with Gasteiger partial charge in [-0.25, -0.2) is 0 Å². The summed E-state index contributed by atoms with van der Waals surface area (Å²) in [5.74, 6) is 0.617. The van der Waals surface area contributed by atoms with Gasteiger partial charge in [0, 0.05) is 19.8 Å². The van der Waals surface area contributed by atoms with Crippen LogP contribution in [0.4, 0.5) is 11.6 Å². The summed E-state index contributed by atoms with van der Waals surface area (Å²) in [7, 11) is 1.65. The number of aromatic nitrogens is 2. The first-order valence-electron chi connectivity index (χ1n) is 4.78. The predicted octanol–water partition coefficient (Wildman–Crippen LogP) is 2.20. The smallest absolute Gasteiger partial charge is 0.226 e. The first-order chi connectivity index (χ1) is 7.54. The molecule has 0 spiro atoms. The Balaban J connectivity index is 2.72. The van der Waals surface area contributed by atoms with Crippen molar-refractivity contribution in [3.63, 3.8) is 0 Å². The van der Waals surface area contributed by atoms with Crippen molar-refractivity contribution in [2.24, 2.45) is 0 Å². The lowest BCUT2D eigenvalue weighted by molar-refractivity contribution is 0.191. The van der Waals surface area contributed by atoms with Gasteiger partial charge in [0.2, 0.25) is 5.28 Å². The van der Waals surface area contributed by atoms with Crippen LogP contribution in [-0.2, 0) is 4.74 Å². The predicted molar refractivity (Wildman–Crippen MR) is 66.0 cm³/mol. The van der Waals surface area contributed by atoms with Gasteiger partial charge in [0.1, 0.15) is 10.8 Å². The van der Waals surface area contributed by atoms with Crippen molar-refractivity contribution in [1.29, 1.82) is 0 Å². The van der Waals surface area contributed by atoms with Crippen LogP contribution in [-0.4, -0.2) is 29.7 Å². The Labute approximate surface area is 104 Å². The fraction of sp³-hybridized carbons (Fsp3) is 0.556. The first kappa shape index (κ1) is 13.3. The van der Waals surface area contributed by atoms with Crippen molar-refractivity contribution in [3.8, 4) is 0 Å². The van der Waals surface area contributed by atoms with Gasteiger partial charge in [-0.15, -0.1) is 0 Å². The summed E-state index contributed by atoms with van der Waals surface area (Å²) in [6.07, 6.45) is 0.828. The maximum absolute atomic E-state index is 5.94. The van der Waals surface area contributed by atoms with Crippen molar-refractivity contribution < 1.29 is 4.74 Å². The summed E-state index contributed by atoms with van der Waals surface area (Å²) < 4.78 is 4.97. The topological polar surface area (TPSA) is 73.1 Å². The van der Waals surface area contributed by atoms with E-state index in [2.05, 4.69) is 15.3 Å². The second kappa shape index (κ2) is 6.08. The highest BCUT2D eigenvalue weighted by Gasteiger charge is 2.11. The third-order valence-electron chi connectivity index (χ3n) is 1.99. The number of anilines is 2. The Morgan fingerprint density at radius 2 is 2.12 bits per heavy atom. The number of nitrogens with two attached hydrogens (primary N) is 1. The van der Waals surface area contributed by atoms with Gasteiger partial charge in [0.25, 0.3) is 0 Å². The zero-order valence-electron chi connectivity index (χ0n) is 9.13. The third-order valence-corrected chi connectivity index (χ3v) is 2.53. The molecule has 1 aromatic heterocycles. The average Bonchev–Trinajstić information content (AvgIpc) is 2.22. The molecule has 0 saturated carbocycles. The second-order valence-electron chi connectivity index (χ2n) is 3.37. The molecule has 1 rings (SSSR count). The van der Waals surface area contributed by atoms with E-state index in [0.29, 0.717) is 12.4 Å². The van der Waals surface area contributed by atoms with Gasteiger partial charge in [-0.3, -0.25) is 0 Å². The molecule has 0 saturated heterocycles. The number of ether oxygens (including phenoxy) is 1. The van der Waals surface area contributed by atoms with Gasteiger partial charge in [0.15, 0.2) is 5.82 Å². The normalized spacial score (nSPS) is 12.5. The molecule has 0 aliphatic rings. The standard InChI is InChI=1S/C9H14Cl2N4O/c1-5(3-4-16-2)13-8-6(10)7(12)14-9(11)15-8/h5H,3-4H2,1-2H3,(H3,12,13,14,15). The number of hydrogen-bond acceptors (Lipinski definition) is 5. The summed E-state index contributed by atoms with van der Waals surface area (Å²) in [6, 6.07) is 0.155. The van der Waals surface area contributed by atoms with Gasteiger partial charge in [-0.2, -0.15) is 9.97 Å². The van der Waals surface area contributed by atoms with Crippen LogP contribution in [0.25, 0.3) is 0 Å². The molecule has 0 aliphatic carbocycles. The van der Waals surface area contributed by atoms with Crippen LogP contribution in [0.15, 0.2) is 0 Å². The molecular formula is C9H14Cl2N4O. The minimum Gasteiger partial charge on any atom is -0.385 e. The molecule has 1 heterocycles. The highest BCUT2D eigenvalue weighted by Crippen LogP contribution is 2.26. The molecule has 0 fully saturated rings. The van der Waals surface area contributed by atoms with Crippen LogP contribution in [0.5, 0.6) is 0 Å². The van der Waals surface area contributed by atoms with E-state index in [0.717, 1.165) is 6.42 Å². The summed E-state index contributed by atoms with van der Waals surface area (Å²) >= 11 is 11.6. The second-order valence-corrected chi connectivity index (χ2v) is 4.08. The van der Waals surface area contributed by atoms with Crippen LogP contribution in [0, 0.1) is 0 Å². The van der Waals surface area contributed by atoms with Crippen molar-refractivity contribution in [3.05, 3.63) is 10.3 Å². The first-order valence-corrected chi connectivity index (χ1v) is 5.54. The molecule has 1 atom stereocenters. The number of hydrogen-bond donors (Lipinski definition) is 2. The van der Waals surface area contributed by atoms with Crippen molar-refractivity contribution >= 4 is 34.8 Å². The molecule has 3 N–H and O–H groups in total. The van der Waals surface area contributed by atoms with Crippen LogP contribution < -0.4 is 11.1 Å². The van der Waals surface area contributed by atoms with Gasteiger partial charge >= 0.3 is 0 Å². The highest BCUT2D eigenvalue weighted by atomic mass is 35.5. The largest absolute Gasteiger partial charge is 0.385 e.